The van der Waals surface area contributed by atoms with Crippen LogP contribution in [0, 0.1) is 22.7 Å². The second kappa shape index (κ2) is 12.0. The molecule has 0 spiro atoms. The molecule has 8 rings (SSSR count). The maximum Gasteiger partial charge on any atom is 0.180 e. The molecule has 48 heavy (non-hydrogen) atoms. The van der Waals surface area contributed by atoms with Crippen LogP contribution < -0.4 is 20.7 Å². The molecule has 0 bridgehead atoms. The number of nitriles is 2. The molecule has 0 saturated carbocycles. The van der Waals surface area contributed by atoms with Crippen molar-refractivity contribution in [1.82, 2.24) is 4.57 Å². The highest BCUT2D eigenvalue weighted by molar-refractivity contribution is 7.20. The van der Waals surface area contributed by atoms with Crippen molar-refractivity contribution in [2.24, 2.45) is 0 Å². The number of aromatic nitrogens is 1. The van der Waals surface area contributed by atoms with Gasteiger partial charge in [-0.05, 0) is 74.3 Å². The van der Waals surface area contributed by atoms with Gasteiger partial charge < -0.3 is 4.57 Å². The van der Waals surface area contributed by atoms with Crippen LogP contribution in [0.25, 0.3) is 38.6 Å². The summed E-state index contributed by atoms with van der Waals surface area (Å²) in [5.74, 6) is 0. The van der Waals surface area contributed by atoms with Crippen LogP contribution in [0.3, 0.4) is 0 Å². The van der Waals surface area contributed by atoms with E-state index >= 15 is 0 Å². The largest absolute Gasteiger partial charge is 0.309 e. The number of hydrogen-bond donors (Lipinski definition) is 0. The Bertz CT molecular complexity index is 2370. The third kappa shape index (κ3) is 4.64. The maximum absolute atomic E-state index is 10.4. The van der Waals surface area contributed by atoms with E-state index in [0.717, 1.165) is 43.8 Å². The molecule has 1 aromatic heterocycles. The highest BCUT2D eigenvalue weighted by atomic mass is 28.3. The fourth-order valence-corrected chi connectivity index (χ4v) is 12.3. The summed E-state index contributed by atoms with van der Waals surface area (Å²) >= 11 is 0. The van der Waals surface area contributed by atoms with Crippen LogP contribution in [0.2, 0.25) is 0 Å². The van der Waals surface area contributed by atoms with Crippen molar-refractivity contribution in [3.8, 4) is 29.0 Å². The van der Waals surface area contributed by atoms with Gasteiger partial charge in [-0.3, -0.25) is 0 Å². The summed E-state index contributed by atoms with van der Waals surface area (Å²) in [6.07, 6.45) is 0. The van der Waals surface area contributed by atoms with Crippen molar-refractivity contribution in [1.29, 1.82) is 10.5 Å². The zero-order chi connectivity index (χ0) is 32.5. The molecule has 3 nitrogen and oxygen atoms in total. The second-order valence-electron chi connectivity index (χ2n) is 12.0. The Hall–Kier alpha value is -6.46. The molecule has 0 N–H and O–H groups in total. The Morgan fingerprint density at radius 3 is 1.42 bits per heavy atom. The van der Waals surface area contributed by atoms with Crippen molar-refractivity contribution in [2.45, 2.75) is 0 Å². The van der Waals surface area contributed by atoms with Gasteiger partial charge in [-0.1, -0.05) is 133 Å². The van der Waals surface area contributed by atoms with E-state index in [1.54, 1.807) is 0 Å². The molecule has 0 atom stereocenters. The first-order valence-electron chi connectivity index (χ1n) is 16.0. The monoisotopic (exact) mass is 627 g/mol. The molecule has 0 saturated heterocycles. The molecule has 0 radical (unpaired) electrons. The highest BCUT2D eigenvalue weighted by Crippen LogP contribution is 2.34. The topological polar surface area (TPSA) is 52.5 Å². The lowest BCUT2D eigenvalue weighted by Crippen LogP contribution is -2.75. The smallest absolute Gasteiger partial charge is 0.180 e. The van der Waals surface area contributed by atoms with Crippen molar-refractivity contribution in [2.75, 3.05) is 0 Å². The summed E-state index contributed by atoms with van der Waals surface area (Å²) < 4.78 is 2.25. The first-order valence-corrected chi connectivity index (χ1v) is 18.0. The van der Waals surface area contributed by atoms with E-state index in [-0.39, 0.29) is 0 Å². The summed E-state index contributed by atoms with van der Waals surface area (Å²) in [5.41, 5.74) is 6.05. The second-order valence-corrected chi connectivity index (χ2v) is 15.7. The quantitative estimate of drug-likeness (QED) is 0.141. The molecule has 8 aromatic rings. The van der Waals surface area contributed by atoms with Crippen LogP contribution in [0.4, 0.5) is 0 Å². The standard InChI is InChI=1S/C44H29N3Si/c45-30-32-24-25-44(48(36-14-4-1-5-15-36,37-16-6-2-7-17-37)38-18-8-3-9-19-38)41(28-32)34-26-33(31-46)27-35(29-34)47-42-22-12-10-20-39(42)40-21-11-13-23-43(40)47/h1-29H. The summed E-state index contributed by atoms with van der Waals surface area (Å²) in [4.78, 5) is 0. The van der Waals surface area contributed by atoms with Crippen molar-refractivity contribution >= 4 is 50.6 Å². The van der Waals surface area contributed by atoms with Crippen molar-refractivity contribution in [3.05, 3.63) is 187 Å². The van der Waals surface area contributed by atoms with Gasteiger partial charge in [-0.2, -0.15) is 10.5 Å². The highest BCUT2D eigenvalue weighted by Gasteiger charge is 2.43. The summed E-state index contributed by atoms with van der Waals surface area (Å²) in [6, 6.07) is 66.2. The van der Waals surface area contributed by atoms with Gasteiger partial charge in [0, 0.05) is 16.5 Å². The lowest BCUT2D eigenvalue weighted by Gasteiger charge is -2.36. The van der Waals surface area contributed by atoms with Gasteiger partial charge in [0.15, 0.2) is 8.07 Å². The molecule has 0 amide bonds. The van der Waals surface area contributed by atoms with Crippen LogP contribution in [-0.4, -0.2) is 12.6 Å². The van der Waals surface area contributed by atoms with Gasteiger partial charge in [0.05, 0.1) is 34.3 Å². The van der Waals surface area contributed by atoms with E-state index in [9.17, 15) is 10.5 Å². The number of nitrogens with zero attached hydrogens (tertiary/aromatic N) is 3. The van der Waals surface area contributed by atoms with Crippen molar-refractivity contribution in [3.63, 3.8) is 0 Å². The van der Waals surface area contributed by atoms with E-state index in [1.165, 1.54) is 15.6 Å². The minimum Gasteiger partial charge on any atom is -0.309 e. The lowest BCUT2D eigenvalue weighted by atomic mass is 10.00. The zero-order valence-corrected chi connectivity index (χ0v) is 27.1. The summed E-state index contributed by atoms with van der Waals surface area (Å²) in [6.45, 7) is 0. The Labute approximate surface area is 280 Å². The van der Waals surface area contributed by atoms with Gasteiger partial charge >= 0.3 is 0 Å². The SMILES string of the molecule is N#Cc1cc(-c2cc(C#N)ccc2[Si](c2ccccc2)(c2ccccc2)c2ccccc2)cc(-n2c3ccccc3c3ccccc32)c1. The molecular formula is C44H29N3Si. The summed E-state index contributed by atoms with van der Waals surface area (Å²) in [5, 5.41) is 27.8. The van der Waals surface area contributed by atoms with Crippen LogP contribution >= 0.6 is 0 Å². The summed E-state index contributed by atoms with van der Waals surface area (Å²) in [7, 11) is -2.96. The predicted molar refractivity (Wildman–Crippen MR) is 199 cm³/mol. The number of hydrogen-bond acceptors (Lipinski definition) is 2. The van der Waals surface area contributed by atoms with E-state index < -0.39 is 8.07 Å². The molecule has 0 aliphatic carbocycles. The molecule has 0 unspecified atom stereocenters. The van der Waals surface area contributed by atoms with Gasteiger partial charge in [0.2, 0.25) is 0 Å². The average molecular weight is 628 g/mol. The Kier molecular flexibility index (Phi) is 7.27. The van der Waals surface area contributed by atoms with E-state index in [2.05, 4.69) is 168 Å². The van der Waals surface area contributed by atoms with Crippen LogP contribution in [0.1, 0.15) is 11.1 Å². The fraction of sp³-hybridized carbons (Fsp3) is 0. The first kappa shape index (κ1) is 29.0. The Balaban J connectivity index is 1.49. The normalized spacial score (nSPS) is 11.3. The molecule has 1 heterocycles. The minimum atomic E-state index is -2.96. The molecule has 224 valence electrons. The molecule has 7 aromatic carbocycles. The maximum atomic E-state index is 10.4. The van der Waals surface area contributed by atoms with E-state index in [4.69, 9.17) is 0 Å². The number of para-hydroxylation sites is 2. The third-order valence-electron chi connectivity index (χ3n) is 9.37. The third-order valence-corrected chi connectivity index (χ3v) is 14.2. The Morgan fingerprint density at radius 1 is 0.438 bits per heavy atom. The van der Waals surface area contributed by atoms with E-state index in [0.29, 0.717) is 11.1 Å². The van der Waals surface area contributed by atoms with Gasteiger partial charge in [-0.25, -0.2) is 0 Å². The lowest BCUT2D eigenvalue weighted by molar-refractivity contribution is 1.18. The molecule has 0 aliphatic heterocycles. The number of fused-ring (bicyclic) bond motifs is 3. The molecule has 0 fully saturated rings. The number of benzene rings is 7. The van der Waals surface area contributed by atoms with Gasteiger partial charge in [0.1, 0.15) is 0 Å². The Morgan fingerprint density at radius 2 is 0.917 bits per heavy atom. The van der Waals surface area contributed by atoms with Gasteiger partial charge in [-0.15, -0.1) is 0 Å². The predicted octanol–water partition coefficient (Wildman–Crippen LogP) is 7.57. The van der Waals surface area contributed by atoms with Gasteiger partial charge in [0.25, 0.3) is 0 Å². The zero-order valence-electron chi connectivity index (χ0n) is 26.1. The van der Waals surface area contributed by atoms with Crippen molar-refractivity contribution < 1.29 is 0 Å². The fourth-order valence-electron chi connectivity index (χ4n) is 7.37. The number of rotatable bonds is 6. The molecule has 0 aliphatic rings. The molecular weight excluding hydrogens is 599 g/mol. The van der Waals surface area contributed by atoms with Crippen LogP contribution in [0.5, 0.6) is 0 Å². The van der Waals surface area contributed by atoms with Crippen LogP contribution in [-0.2, 0) is 0 Å². The van der Waals surface area contributed by atoms with Crippen LogP contribution in [0.15, 0.2) is 176 Å². The molecule has 4 heteroatoms. The van der Waals surface area contributed by atoms with E-state index in [1.807, 2.05) is 24.3 Å². The average Bonchev–Trinajstić information content (AvgIpc) is 3.51. The minimum absolute atomic E-state index is 0.559. The first-order chi connectivity index (χ1) is 23.7.